The van der Waals surface area contributed by atoms with Crippen molar-refractivity contribution in [2.75, 3.05) is 13.7 Å². The van der Waals surface area contributed by atoms with E-state index in [2.05, 4.69) is 6.92 Å². The molecule has 0 amide bonds. The Morgan fingerprint density at radius 1 is 1.50 bits per heavy atom. The number of aryl methyl sites for hydroxylation is 1. The van der Waals surface area contributed by atoms with Crippen LogP contribution in [0.5, 0.6) is 11.5 Å². The van der Waals surface area contributed by atoms with Crippen molar-refractivity contribution in [3.05, 3.63) is 30.7 Å². The molecule has 1 rings (SSSR count). The van der Waals surface area contributed by atoms with E-state index in [1.54, 1.807) is 13.2 Å². The highest BCUT2D eigenvalue weighted by Gasteiger charge is 2.07. The lowest BCUT2D eigenvalue weighted by atomic mass is 10.2. The summed E-state index contributed by atoms with van der Waals surface area (Å²) < 4.78 is 10.5. The molecule has 77 valence electrons. The Labute approximate surface area is 84.3 Å². The lowest BCUT2D eigenvalue weighted by molar-refractivity contribution is 0.140. The van der Waals surface area contributed by atoms with E-state index in [-0.39, 0.29) is 6.61 Å². The Bertz CT molecular complexity index is 295. The van der Waals surface area contributed by atoms with Crippen molar-refractivity contribution < 1.29 is 14.6 Å². The molecule has 0 aliphatic rings. The van der Waals surface area contributed by atoms with Gasteiger partial charge in [0.1, 0.15) is 6.61 Å². The Balaban J connectivity index is 2.80. The van der Waals surface area contributed by atoms with Crippen molar-refractivity contribution in [3.63, 3.8) is 0 Å². The van der Waals surface area contributed by atoms with E-state index < -0.39 is 6.10 Å². The van der Waals surface area contributed by atoms with Gasteiger partial charge >= 0.3 is 0 Å². The minimum Gasteiger partial charge on any atom is -0.493 e. The summed E-state index contributed by atoms with van der Waals surface area (Å²) in [5, 5.41) is 8.97. The molecular weight excluding hydrogens is 180 g/mol. The van der Waals surface area contributed by atoms with Crippen LogP contribution in [0.2, 0.25) is 0 Å². The van der Waals surface area contributed by atoms with Crippen LogP contribution >= 0.6 is 0 Å². The molecule has 1 N–H and O–H groups in total. The maximum atomic E-state index is 8.97. The van der Waals surface area contributed by atoms with Crippen LogP contribution in [-0.4, -0.2) is 24.9 Å². The topological polar surface area (TPSA) is 38.7 Å². The highest BCUT2D eigenvalue weighted by molar-refractivity contribution is 5.45. The zero-order chi connectivity index (χ0) is 10.6. The van der Waals surface area contributed by atoms with Gasteiger partial charge in [-0.25, -0.2) is 0 Å². The number of hydrogen-bond donors (Lipinski definition) is 1. The molecule has 1 radical (unpaired) electrons. The molecule has 0 aliphatic heterocycles. The second-order valence-electron chi connectivity index (χ2n) is 3.07. The third-order valence-electron chi connectivity index (χ3n) is 1.81. The van der Waals surface area contributed by atoms with Gasteiger partial charge in [0.15, 0.2) is 11.5 Å². The van der Waals surface area contributed by atoms with Gasteiger partial charge in [0.05, 0.1) is 13.2 Å². The molecule has 0 spiro atoms. The van der Waals surface area contributed by atoms with E-state index in [0.29, 0.717) is 11.5 Å². The molecule has 1 atom stereocenters. The van der Waals surface area contributed by atoms with E-state index in [9.17, 15) is 0 Å². The summed E-state index contributed by atoms with van der Waals surface area (Å²) in [6.45, 7) is 5.52. The number of methoxy groups -OCH3 is 1. The zero-order valence-electron chi connectivity index (χ0n) is 8.49. The SMILES string of the molecule is [CH2]C(O)COc1cccc(C)c1OC. The van der Waals surface area contributed by atoms with Gasteiger partial charge in [-0.1, -0.05) is 12.1 Å². The molecule has 0 aliphatic carbocycles. The summed E-state index contributed by atoms with van der Waals surface area (Å²) in [6.07, 6.45) is -0.722. The fraction of sp³-hybridized carbons (Fsp3) is 0.364. The van der Waals surface area contributed by atoms with Gasteiger partial charge < -0.3 is 14.6 Å². The standard InChI is InChI=1S/C11H15O3/c1-8-5-4-6-10(11(8)13-3)14-7-9(2)12/h4-6,9,12H,2,7H2,1,3H3. The lowest BCUT2D eigenvalue weighted by Crippen LogP contribution is -2.13. The van der Waals surface area contributed by atoms with Crippen LogP contribution in [0, 0.1) is 13.8 Å². The molecule has 0 bridgehead atoms. The molecule has 1 aromatic carbocycles. The Morgan fingerprint density at radius 2 is 2.21 bits per heavy atom. The molecule has 0 fully saturated rings. The third kappa shape index (κ3) is 2.64. The summed E-state index contributed by atoms with van der Waals surface area (Å²) in [4.78, 5) is 0. The first-order chi connectivity index (χ1) is 6.65. The smallest absolute Gasteiger partial charge is 0.163 e. The minimum absolute atomic E-state index is 0.166. The van der Waals surface area contributed by atoms with Gasteiger partial charge in [0, 0.05) is 0 Å². The van der Waals surface area contributed by atoms with Crippen molar-refractivity contribution in [2.24, 2.45) is 0 Å². The molecule has 0 heterocycles. The molecule has 3 heteroatoms. The first-order valence-electron chi connectivity index (χ1n) is 4.42. The summed E-state index contributed by atoms with van der Waals surface area (Å²) in [5.74, 6) is 1.34. The van der Waals surface area contributed by atoms with E-state index in [1.165, 1.54) is 0 Å². The number of benzene rings is 1. The summed E-state index contributed by atoms with van der Waals surface area (Å²) in [6, 6.07) is 5.61. The predicted octanol–water partition coefficient (Wildman–Crippen LogP) is 1.58. The van der Waals surface area contributed by atoms with Crippen molar-refractivity contribution in [1.29, 1.82) is 0 Å². The number of hydrogen-bond acceptors (Lipinski definition) is 3. The van der Waals surface area contributed by atoms with E-state index in [1.807, 2.05) is 19.1 Å². The van der Waals surface area contributed by atoms with Crippen molar-refractivity contribution in [1.82, 2.24) is 0 Å². The monoisotopic (exact) mass is 195 g/mol. The number of para-hydroxylation sites is 1. The summed E-state index contributed by atoms with van der Waals surface area (Å²) in [5.41, 5.74) is 1.00. The average molecular weight is 195 g/mol. The molecule has 0 aromatic heterocycles. The number of aliphatic hydroxyl groups excluding tert-OH is 1. The first-order valence-corrected chi connectivity index (χ1v) is 4.42. The van der Waals surface area contributed by atoms with Crippen LogP contribution in [0.15, 0.2) is 18.2 Å². The van der Waals surface area contributed by atoms with Gasteiger partial charge in [-0.2, -0.15) is 0 Å². The zero-order valence-corrected chi connectivity index (χ0v) is 8.49. The lowest BCUT2D eigenvalue weighted by Gasteiger charge is -2.13. The Hall–Kier alpha value is -1.22. The molecule has 1 unspecified atom stereocenters. The van der Waals surface area contributed by atoms with Gasteiger partial charge in [-0.05, 0) is 25.5 Å². The van der Waals surface area contributed by atoms with Gasteiger partial charge in [0.2, 0.25) is 0 Å². The maximum absolute atomic E-state index is 8.97. The third-order valence-corrected chi connectivity index (χ3v) is 1.81. The second kappa shape index (κ2) is 4.86. The van der Waals surface area contributed by atoms with Crippen LogP contribution in [0.1, 0.15) is 5.56 Å². The molecule has 0 saturated carbocycles. The van der Waals surface area contributed by atoms with Crippen LogP contribution in [-0.2, 0) is 0 Å². The van der Waals surface area contributed by atoms with Crippen LogP contribution in [0.4, 0.5) is 0 Å². The molecule has 14 heavy (non-hydrogen) atoms. The van der Waals surface area contributed by atoms with Crippen molar-refractivity contribution in [3.8, 4) is 11.5 Å². The first kappa shape index (κ1) is 10.9. The fourth-order valence-corrected chi connectivity index (χ4v) is 1.19. The van der Waals surface area contributed by atoms with Crippen LogP contribution < -0.4 is 9.47 Å². The second-order valence-corrected chi connectivity index (χ2v) is 3.07. The maximum Gasteiger partial charge on any atom is 0.163 e. The van der Waals surface area contributed by atoms with Crippen LogP contribution in [0.3, 0.4) is 0 Å². The van der Waals surface area contributed by atoms with Gasteiger partial charge in [-0.15, -0.1) is 0 Å². The normalized spacial score (nSPS) is 12.3. The van der Waals surface area contributed by atoms with Crippen LogP contribution in [0.25, 0.3) is 0 Å². The van der Waals surface area contributed by atoms with E-state index in [4.69, 9.17) is 14.6 Å². The Kier molecular flexibility index (Phi) is 3.77. The van der Waals surface area contributed by atoms with Crippen molar-refractivity contribution in [2.45, 2.75) is 13.0 Å². The summed E-state index contributed by atoms with van der Waals surface area (Å²) >= 11 is 0. The fourth-order valence-electron chi connectivity index (χ4n) is 1.19. The van der Waals surface area contributed by atoms with E-state index >= 15 is 0 Å². The van der Waals surface area contributed by atoms with E-state index in [0.717, 1.165) is 5.56 Å². The molecular formula is C11H15O3. The number of ether oxygens (including phenoxy) is 2. The van der Waals surface area contributed by atoms with Gasteiger partial charge in [0.25, 0.3) is 0 Å². The largest absolute Gasteiger partial charge is 0.493 e. The predicted molar refractivity (Wildman–Crippen MR) is 54.6 cm³/mol. The average Bonchev–Trinajstić information content (AvgIpc) is 2.14. The number of aliphatic hydroxyl groups is 1. The number of rotatable bonds is 4. The quantitative estimate of drug-likeness (QED) is 0.792. The molecule has 1 aromatic rings. The minimum atomic E-state index is -0.722. The summed E-state index contributed by atoms with van der Waals surface area (Å²) in [7, 11) is 1.59. The molecule has 3 nitrogen and oxygen atoms in total. The molecule has 0 saturated heterocycles. The highest BCUT2D eigenvalue weighted by Crippen LogP contribution is 2.30. The van der Waals surface area contributed by atoms with Crippen molar-refractivity contribution >= 4 is 0 Å². The van der Waals surface area contributed by atoms with Gasteiger partial charge in [-0.3, -0.25) is 0 Å². The highest BCUT2D eigenvalue weighted by atomic mass is 16.5. The Morgan fingerprint density at radius 3 is 2.79 bits per heavy atom.